The number of nitrogens with zero attached hydrogens (tertiary/aromatic N) is 3. The first-order chi connectivity index (χ1) is 8.05. The first-order valence-electron chi connectivity index (χ1n) is 5.27. The van der Waals surface area contributed by atoms with Gasteiger partial charge in [-0.1, -0.05) is 0 Å². The molecule has 0 aliphatic heterocycles. The van der Waals surface area contributed by atoms with E-state index < -0.39 is 24.1 Å². The van der Waals surface area contributed by atoms with Gasteiger partial charge < -0.3 is 5.11 Å². The predicted molar refractivity (Wildman–Crippen MR) is 56.1 cm³/mol. The van der Waals surface area contributed by atoms with Crippen LogP contribution in [0.25, 0.3) is 0 Å². The second-order valence-corrected chi connectivity index (χ2v) is 4.48. The molecule has 0 aliphatic rings. The lowest BCUT2D eigenvalue weighted by molar-refractivity contribution is -0.146. The van der Waals surface area contributed by atoms with Crippen LogP contribution in [-0.2, 0) is 16.8 Å². The summed E-state index contributed by atoms with van der Waals surface area (Å²) in [6.07, 6.45) is -5.75. The Kier molecular flexibility index (Phi) is 3.68. The van der Waals surface area contributed by atoms with E-state index in [1.807, 2.05) is 0 Å². The Morgan fingerprint density at radius 3 is 2.33 bits per heavy atom. The van der Waals surface area contributed by atoms with Crippen LogP contribution in [0.2, 0.25) is 0 Å². The van der Waals surface area contributed by atoms with E-state index in [0.717, 1.165) is 0 Å². The monoisotopic (exact) mass is 265 g/mol. The van der Waals surface area contributed by atoms with Crippen LogP contribution in [0.15, 0.2) is 0 Å². The van der Waals surface area contributed by atoms with Crippen molar-refractivity contribution in [3.8, 4) is 0 Å². The number of rotatable bonds is 4. The Labute approximate surface area is 102 Å². The fourth-order valence-corrected chi connectivity index (χ4v) is 1.64. The summed E-state index contributed by atoms with van der Waals surface area (Å²) in [7, 11) is 0. The van der Waals surface area contributed by atoms with Crippen LogP contribution in [0.4, 0.5) is 13.2 Å². The molecule has 0 saturated carbocycles. The van der Waals surface area contributed by atoms with Gasteiger partial charge in [-0.2, -0.15) is 13.2 Å². The minimum atomic E-state index is -4.31. The van der Waals surface area contributed by atoms with Crippen molar-refractivity contribution < 1.29 is 23.1 Å². The molecule has 0 spiro atoms. The van der Waals surface area contributed by atoms with Crippen molar-refractivity contribution in [3.63, 3.8) is 0 Å². The van der Waals surface area contributed by atoms with Crippen LogP contribution in [-0.4, -0.2) is 32.0 Å². The van der Waals surface area contributed by atoms with Gasteiger partial charge in [0.05, 0.1) is 6.42 Å². The maximum atomic E-state index is 12.2. The summed E-state index contributed by atoms with van der Waals surface area (Å²) in [5.74, 6) is -0.851. The molecule has 0 atom stereocenters. The highest BCUT2D eigenvalue weighted by atomic mass is 19.4. The van der Waals surface area contributed by atoms with Gasteiger partial charge >= 0.3 is 12.1 Å². The molecule has 0 aliphatic carbocycles. The average Bonchev–Trinajstić information content (AvgIpc) is 2.55. The smallest absolute Gasteiger partial charge is 0.389 e. The van der Waals surface area contributed by atoms with Gasteiger partial charge in [0.15, 0.2) is 0 Å². The van der Waals surface area contributed by atoms with Gasteiger partial charge in [0.2, 0.25) is 0 Å². The molecule has 0 saturated heterocycles. The maximum absolute atomic E-state index is 12.2. The molecule has 0 aromatic carbocycles. The zero-order chi connectivity index (χ0) is 14.1. The van der Waals surface area contributed by atoms with E-state index in [9.17, 15) is 18.0 Å². The topological polar surface area (TPSA) is 68.0 Å². The molecule has 18 heavy (non-hydrogen) atoms. The summed E-state index contributed by atoms with van der Waals surface area (Å²) in [6, 6.07) is 0. The molecule has 5 nitrogen and oxygen atoms in total. The minimum Gasteiger partial charge on any atom is -0.480 e. The fraction of sp³-hybridized carbons (Fsp3) is 0.700. The van der Waals surface area contributed by atoms with Crippen LogP contribution >= 0.6 is 0 Å². The Hall–Kier alpha value is -1.60. The van der Waals surface area contributed by atoms with Gasteiger partial charge in [-0.15, -0.1) is 10.2 Å². The van der Waals surface area contributed by atoms with Crippen LogP contribution in [0, 0.1) is 6.92 Å². The van der Waals surface area contributed by atoms with Crippen molar-refractivity contribution >= 4 is 5.97 Å². The van der Waals surface area contributed by atoms with E-state index in [2.05, 4.69) is 10.2 Å². The summed E-state index contributed by atoms with van der Waals surface area (Å²) < 4.78 is 37.7. The van der Waals surface area contributed by atoms with E-state index >= 15 is 0 Å². The maximum Gasteiger partial charge on any atom is 0.389 e. The highest BCUT2D eigenvalue weighted by Gasteiger charge is 2.35. The van der Waals surface area contributed by atoms with E-state index in [4.69, 9.17) is 5.11 Å². The lowest BCUT2D eigenvalue weighted by atomic mass is 10.0. The van der Waals surface area contributed by atoms with Crippen LogP contribution in [0.5, 0.6) is 0 Å². The molecule has 0 fully saturated rings. The van der Waals surface area contributed by atoms with Crippen LogP contribution in [0.1, 0.15) is 31.9 Å². The number of halogens is 3. The zero-order valence-electron chi connectivity index (χ0n) is 10.2. The number of carboxylic acid groups (broad SMARTS) is 1. The highest BCUT2D eigenvalue weighted by molar-refractivity contribution is 5.75. The van der Waals surface area contributed by atoms with Gasteiger partial charge in [-0.05, 0) is 20.8 Å². The molecule has 1 aromatic rings. The number of aromatic nitrogens is 3. The molecule has 0 bridgehead atoms. The van der Waals surface area contributed by atoms with Crippen molar-refractivity contribution in [2.75, 3.05) is 0 Å². The summed E-state index contributed by atoms with van der Waals surface area (Å²) in [6.45, 7) is 4.29. The summed E-state index contributed by atoms with van der Waals surface area (Å²) in [4.78, 5) is 11.1. The molecule has 102 valence electrons. The molecule has 0 unspecified atom stereocenters. The van der Waals surface area contributed by atoms with Gasteiger partial charge in [0.25, 0.3) is 0 Å². The van der Waals surface area contributed by atoms with Crippen molar-refractivity contribution in [2.24, 2.45) is 0 Å². The van der Waals surface area contributed by atoms with Crippen LogP contribution in [0.3, 0.4) is 0 Å². The predicted octanol–water partition coefficient (Wildman–Crippen LogP) is 1.90. The zero-order valence-corrected chi connectivity index (χ0v) is 10.2. The second-order valence-electron chi connectivity index (χ2n) is 4.48. The summed E-state index contributed by atoms with van der Waals surface area (Å²) >= 11 is 0. The van der Waals surface area contributed by atoms with Crippen molar-refractivity contribution in [3.05, 3.63) is 11.6 Å². The van der Waals surface area contributed by atoms with E-state index in [1.165, 1.54) is 25.3 Å². The standard InChI is InChI=1S/C10H14F3N3O2/c1-6-14-15-7(4-5-10(11,12)13)16(6)9(2,3)8(17)18/h4-5H2,1-3H3,(H,17,18). The Balaban J connectivity index is 3.06. The van der Waals surface area contributed by atoms with Gasteiger partial charge in [0, 0.05) is 6.42 Å². The van der Waals surface area contributed by atoms with Crippen LogP contribution < -0.4 is 0 Å². The highest BCUT2D eigenvalue weighted by Crippen LogP contribution is 2.25. The van der Waals surface area contributed by atoms with Crippen molar-refractivity contribution in [1.82, 2.24) is 14.8 Å². The second kappa shape index (κ2) is 4.58. The Morgan fingerprint density at radius 1 is 1.33 bits per heavy atom. The van der Waals surface area contributed by atoms with Gasteiger partial charge in [-0.25, -0.2) is 4.79 Å². The third-order valence-electron chi connectivity index (χ3n) is 2.61. The quantitative estimate of drug-likeness (QED) is 0.902. The molecule has 8 heteroatoms. The van der Waals surface area contributed by atoms with Crippen molar-refractivity contribution in [1.29, 1.82) is 0 Å². The number of hydrogen-bond acceptors (Lipinski definition) is 3. The SMILES string of the molecule is Cc1nnc(CCC(F)(F)F)n1C(C)(C)C(=O)O. The lowest BCUT2D eigenvalue weighted by Gasteiger charge is -2.24. The molecule has 1 aromatic heterocycles. The molecule has 1 rings (SSSR count). The van der Waals surface area contributed by atoms with Gasteiger partial charge in [-0.3, -0.25) is 4.57 Å². The first-order valence-corrected chi connectivity index (χ1v) is 5.27. The molecule has 1 heterocycles. The number of alkyl halides is 3. The molecular formula is C10H14F3N3O2. The average molecular weight is 265 g/mol. The van der Waals surface area contributed by atoms with E-state index in [-0.39, 0.29) is 18.1 Å². The fourth-order valence-electron chi connectivity index (χ4n) is 1.64. The molecular weight excluding hydrogens is 251 g/mol. The normalized spacial score (nSPS) is 12.8. The minimum absolute atomic E-state index is 0.0252. The van der Waals surface area contributed by atoms with E-state index in [0.29, 0.717) is 0 Å². The van der Waals surface area contributed by atoms with E-state index in [1.54, 1.807) is 0 Å². The number of aliphatic carboxylic acids is 1. The molecule has 0 amide bonds. The van der Waals surface area contributed by atoms with Crippen molar-refractivity contribution in [2.45, 2.75) is 45.3 Å². The molecule has 1 N–H and O–H groups in total. The number of hydrogen-bond donors (Lipinski definition) is 1. The third kappa shape index (κ3) is 2.99. The number of aryl methyl sites for hydroxylation is 2. The Morgan fingerprint density at radius 2 is 1.89 bits per heavy atom. The summed E-state index contributed by atoms with van der Waals surface area (Å²) in [5.41, 5.74) is -1.38. The van der Waals surface area contributed by atoms with Gasteiger partial charge in [0.1, 0.15) is 17.2 Å². The third-order valence-corrected chi connectivity index (χ3v) is 2.61. The first kappa shape index (κ1) is 14.5. The Bertz CT molecular complexity index is 452. The largest absolute Gasteiger partial charge is 0.480 e. The number of carbonyl (C=O) groups is 1. The summed E-state index contributed by atoms with van der Waals surface area (Å²) in [5, 5.41) is 16.4. The number of carboxylic acids is 1. The molecule has 0 radical (unpaired) electrons. The lowest BCUT2D eigenvalue weighted by Crippen LogP contribution is -2.37.